The van der Waals surface area contributed by atoms with Crippen LogP contribution < -0.4 is 5.32 Å². The van der Waals surface area contributed by atoms with E-state index in [0.717, 1.165) is 48.8 Å². The molecular weight excluding hydrogens is 238 g/mol. The summed E-state index contributed by atoms with van der Waals surface area (Å²) < 4.78 is 1.89. The quantitative estimate of drug-likeness (QED) is 0.866. The van der Waals surface area contributed by atoms with Gasteiger partial charge in [0.25, 0.3) is 0 Å². The van der Waals surface area contributed by atoms with E-state index in [-0.39, 0.29) is 0 Å². The molecule has 0 atom stereocenters. The SMILES string of the molecule is CCCNc1cc(CC)nc(-c2cnn(CC)c2)n1. The van der Waals surface area contributed by atoms with Gasteiger partial charge in [-0.3, -0.25) is 4.68 Å². The lowest BCUT2D eigenvalue weighted by atomic mass is 10.2. The molecule has 0 fully saturated rings. The Morgan fingerprint density at radius 3 is 2.68 bits per heavy atom. The maximum Gasteiger partial charge on any atom is 0.164 e. The highest BCUT2D eigenvalue weighted by Gasteiger charge is 2.08. The Hall–Kier alpha value is -1.91. The van der Waals surface area contributed by atoms with Crippen LogP contribution >= 0.6 is 0 Å². The summed E-state index contributed by atoms with van der Waals surface area (Å²) in [6, 6.07) is 2.02. The number of anilines is 1. The second kappa shape index (κ2) is 6.31. The molecule has 19 heavy (non-hydrogen) atoms. The second-order valence-corrected chi connectivity index (χ2v) is 4.43. The van der Waals surface area contributed by atoms with Crippen molar-refractivity contribution in [3.63, 3.8) is 0 Å². The molecule has 0 unspecified atom stereocenters. The van der Waals surface area contributed by atoms with Gasteiger partial charge in [-0.1, -0.05) is 13.8 Å². The van der Waals surface area contributed by atoms with Crippen molar-refractivity contribution >= 4 is 5.82 Å². The maximum atomic E-state index is 4.57. The van der Waals surface area contributed by atoms with Gasteiger partial charge in [-0.25, -0.2) is 9.97 Å². The summed E-state index contributed by atoms with van der Waals surface area (Å²) >= 11 is 0. The molecule has 0 aromatic carbocycles. The van der Waals surface area contributed by atoms with Gasteiger partial charge in [-0.15, -0.1) is 0 Å². The first-order valence-corrected chi connectivity index (χ1v) is 6.91. The smallest absolute Gasteiger partial charge is 0.164 e. The molecule has 102 valence electrons. The Morgan fingerprint density at radius 1 is 1.21 bits per heavy atom. The number of aryl methyl sites for hydroxylation is 2. The molecular formula is C14H21N5. The van der Waals surface area contributed by atoms with Gasteiger partial charge in [0.2, 0.25) is 0 Å². The first kappa shape index (κ1) is 13.5. The van der Waals surface area contributed by atoms with E-state index < -0.39 is 0 Å². The van der Waals surface area contributed by atoms with Gasteiger partial charge in [0.1, 0.15) is 5.82 Å². The molecule has 0 radical (unpaired) electrons. The Labute approximate surface area is 114 Å². The Morgan fingerprint density at radius 2 is 2.05 bits per heavy atom. The number of nitrogens with one attached hydrogen (secondary N) is 1. The maximum absolute atomic E-state index is 4.57. The molecule has 2 aromatic rings. The lowest BCUT2D eigenvalue weighted by Gasteiger charge is -2.07. The fourth-order valence-electron chi connectivity index (χ4n) is 1.80. The van der Waals surface area contributed by atoms with E-state index >= 15 is 0 Å². The van der Waals surface area contributed by atoms with E-state index in [1.165, 1.54) is 0 Å². The number of hydrogen-bond acceptors (Lipinski definition) is 4. The van der Waals surface area contributed by atoms with Crippen molar-refractivity contribution in [3.05, 3.63) is 24.2 Å². The summed E-state index contributed by atoms with van der Waals surface area (Å²) in [5.74, 6) is 1.64. The van der Waals surface area contributed by atoms with Crippen LogP contribution in [0.3, 0.4) is 0 Å². The van der Waals surface area contributed by atoms with Crippen LogP contribution in [0.1, 0.15) is 32.9 Å². The number of hydrogen-bond donors (Lipinski definition) is 1. The molecule has 0 saturated carbocycles. The fraction of sp³-hybridized carbons (Fsp3) is 0.500. The van der Waals surface area contributed by atoms with Gasteiger partial charge < -0.3 is 5.32 Å². The van der Waals surface area contributed by atoms with E-state index in [1.807, 2.05) is 23.1 Å². The Kier molecular flexibility index (Phi) is 4.49. The number of nitrogens with zero attached hydrogens (tertiary/aromatic N) is 4. The lowest BCUT2D eigenvalue weighted by molar-refractivity contribution is 0.660. The largest absolute Gasteiger partial charge is 0.370 e. The molecule has 0 aliphatic rings. The fourth-order valence-corrected chi connectivity index (χ4v) is 1.80. The van der Waals surface area contributed by atoms with Gasteiger partial charge in [-0.05, 0) is 19.8 Å². The molecule has 2 heterocycles. The van der Waals surface area contributed by atoms with Crippen LogP contribution in [0.25, 0.3) is 11.4 Å². The second-order valence-electron chi connectivity index (χ2n) is 4.43. The summed E-state index contributed by atoms with van der Waals surface area (Å²) in [4.78, 5) is 9.13. The monoisotopic (exact) mass is 259 g/mol. The number of rotatable bonds is 6. The molecule has 5 nitrogen and oxygen atoms in total. The van der Waals surface area contributed by atoms with Crippen LogP contribution in [0, 0.1) is 0 Å². The molecule has 0 aliphatic heterocycles. The van der Waals surface area contributed by atoms with Crippen molar-refractivity contribution in [2.24, 2.45) is 0 Å². The van der Waals surface area contributed by atoms with Gasteiger partial charge in [0.15, 0.2) is 5.82 Å². The van der Waals surface area contributed by atoms with Gasteiger partial charge in [0, 0.05) is 31.0 Å². The first-order chi connectivity index (χ1) is 9.26. The van der Waals surface area contributed by atoms with Crippen LogP contribution in [0.15, 0.2) is 18.5 Å². The normalized spacial score (nSPS) is 10.7. The molecule has 2 aromatic heterocycles. The standard InChI is InChI=1S/C14H21N5/c1-4-7-15-13-8-12(5-2)17-14(18-13)11-9-16-19(6-3)10-11/h8-10H,4-7H2,1-3H3,(H,15,17,18). The first-order valence-electron chi connectivity index (χ1n) is 6.91. The third-order valence-corrected chi connectivity index (χ3v) is 2.91. The molecule has 0 aliphatic carbocycles. The van der Waals surface area contributed by atoms with Crippen molar-refractivity contribution in [1.82, 2.24) is 19.7 Å². The van der Waals surface area contributed by atoms with E-state index in [0.29, 0.717) is 0 Å². The minimum absolute atomic E-state index is 0.748. The van der Waals surface area contributed by atoms with Gasteiger partial charge in [0.05, 0.1) is 11.8 Å². The summed E-state index contributed by atoms with van der Waals surface area (Å²) in [6.07, 6.45) is 5.78. The zero-order valence-electron chi connectivity index (χ0n) is 11.8. The van der Waals surface area contributed by atoms with Crippen molar-refractivity contribution in [1.29, 1.82) is 0 Å². The highest BCUT2D eigenvalue weighted by molar-refractivity contribution is 5.55. The molecule has 0 bridgehead atoms. The molecule has 2 rings (SSSR count). The van der Waals surface area contributed by atoms with E-state index in [4.69, 9.17) is 0 Å². The van der Waals surface area contributed by atoms with Crippen LogP contribution in [0.5, 0.6) is 0 Å². The predicted molar refractivity (Wildman–Crippen MR) is 77.1 cm³/mol. The third kappa shape index (κ3) is 3.30. The summed E-state index contributed by atoms with van der Waals surface area (Å²) in [7, 11) is 0. The average Bonchev–Trinajstić information content (AvgIpc) is 2.93. The molecule has 0 spiro atoms. The summed E-state index contributed by atoms with van der Waals surface area (Å²) in [5.41, 5.74) is 2.02. The topological polar surface area (TPSA) is 55.6 Å². The molecule has 0 amide bonds. The van der Waals surface area contributed by atoms with E-state index in [2.05, 4.69) is 41.2 Å². The van der Waals surface area contributed by atoms with E-state index in [9.17, 15) is 0 Å². The van der Waals surface area contributed by atoms with Crippen LogP contribution in [-0.4, -0.2) is 26.3 Å². The Balaban J connectivity index is 2.32. The third-order valence-electron chi connectivity index (χ3n) is 2.91. The zero-order valence-corrected chi connectivity index (χ0v) is 11.8. The van der Waals surface area contributed by atoms with Gasteiger partial charge in [-0.2, -0.15) is 5.10 Å². The molecule has 1 N–H and O–H groups in total. The summed E-state index contributed by atoms with van der Waals surface area (Å²) in [5, 5.41) is 7.60. The molecule has 0 saturated heterocycles. The van der Waals surface area contributed by atoms with Gasteiger partial charge >= 0.3 is 0 Å². The highest BCUT2D eigenvalue weighted by Crippen LogP contribution is 2.17. The van der Waals surface area contributed by atoms with Crippen molar-refractivity contribution < 1.29 is 0 Å². The minimum atomic E-state index is 0.748. The van der Waals surface area contributed by atoms with Crippen LogP contribution in [-0.2, 0) is 13.0 Å². The Bertz CT molecular complexity index is 532. The zero-order chi connectivity index (χ0) is 13.7. The van der Waals surface area contributed by atoms with Crippen LogP contribution in [0.2, 0.25) is 0 Å². The van der Waals surface area contributed by atoms with Crippen molar-refractivity contribution in [2.75, 3.05) is 11.9 Å². The average molecular weight is 259 g/mol. The van der Waals surface area contributed by atoms with Crippen molar-refractivity contribution in [2.45, 2.75) is 40.2 Å². The van der Waals surface area contributed by atoms with Crippen molar-refractivity contribution in [3.8, 4) is 11.4 Å². The number of aromatic nitrogens is 4. The highest BCUT2D eigenvalue weighted by atomic mass is 15.3. The van der Waals surface area contributed by atoms with Crippen LogP contribution in [0.4, 0.5) is 5.82 Å². The lowest BCUT2D eigenvalue weighted by Crippen LogP contribution is -2.05. The predicted octanol–water partition coefficient (Wildman–Crippen LogP) is 2.74. The minimum Gasteiger partial charge on any atom is -0.370 e. The van der Waals surface area contributed by atoms with E-state index in [1.54, 1.807) is 0 Å². The molecule has 5 heteroatoms. The summed E-state index contributed by atoms with van der Waals surface area (Å²) in [6.45, 7) is 8.09.